The third kappa shape index (κ3) is 5.67. The normalized spacial score (nSPS) is 10.8. The van der Waals surface area contributed by atoms with Crippen LogP contribution in [0.3, 0.4) is 0 Å². The van der Waals surface area contributed by atoms with Gasteiger partial charge in [-0.1, -0.05) is 74.9 Å². The summed E-state index contributed by atoms with van der Waals surface area (Å²) in [6.07, 6.45) is 2.87. The number of aromatic amines is 1. The van der Waals surface area contributed by atoms with E-state index in [2.05, 4.69) is 76.2 Å². The Bertz CT molecular complexity index is 1210. The van der Waals surface area contributed by atoms with Crippen molar-refractivity contribution in [2.75, 3.05) is 11.9 Å². The summed E-state index contributed by atoms with van der Waals surface area (Å²) in [7, 11) is 0. The first-order chi connectivity index (χ1) is 16.7. The molecule has 1 aromatic heterocycles. The molecule has 4 aromatic rings. The second-order valence-electron chi connectivity index (χ2n) is 8.24. The maximum atomic E-state index is 13.2. The van der Waals surface area contributed by atoms with E-state index in [9.17, 15) is 4.79 Å². The average molecular weight is 455 g/mol. The number of anilines is 1. The third-order valence-corrected chi connectivity index (χ3v) is 5.78. The number of nitrogens with one attached hydrogen (secondary N) is 2. The Hall–Kier alpha value is -4.00. The highest BCUT2D eigenvalue weighted by Crippen LogP contribution is 2.31. The van der Waals surface area contributed by atoms with Gasteiger partial charge in [0.15, 0.2) is 0 Å². The molecule has 0 spiro atoms. The Kier molecular flexibility index (Phi) is 7.65. The summed E-state index contributed by atoms with van der Waals surface area (Å²) in [6, 6.07) is 24.2. The molecule has 0 unspecified atom stereocenters. The van der Waals surface area contributed by atoms with E-state index in [1.165, 1.54) is 5.56 Å². The van der Waals surface area contributed by atoms with E-state index in [0.717, 1.165) is 47.2 Å². The highest BCUT2D eigenvalue weighted by atomic mass is 16.2. The second-order valence-corrected chi connectivity index (χ2v) is 8.24. The van der Waals surface area contributed by atoms with Crippen molar-refractivity contribution in [3.63, 3.8) is 0 Å². The molecule has 2 amide bonds. The summed E-state index contributed by atoms with van der Waals surface area (Å²) in [6.45, 7) is 5.39. The van der Waals surface area contributed by atoms with E-state index in [4.69, 9.17) is 0 Å². The van der Waals surface area contributed by atoms with Gasteiger partial charge < -0.3 is 10.2 Å². The molecule has 0 saturated heterocycles. The maximum Gasteiger partial charge on any atom is 0.322 e. The van der Waals surface area contributed by atoms with Crippen LogP contribution in [0.4, 0.5) is 10.5 Å². The van der Waals surface area contributed by atoms with Crippen LogP contribution in [0.1, 0.15) is 37.8 Å². The lowest BCUT2D eigenvalue weighted by atomic mass is 9.97. The maximum absolute atomic E-state index is 13.2. The molecule has 174 valence electrons. The number of H-pyrrole nitrogens is 1. The van der Waals surface area contributed by atoms with E-state index in [0.29, 0.717) is 18.9 Å². The summed E-state index contributed by atoms with van der Waals surface area (Å²) in [4.78, 5) is 15.1. The van der Waals surface area contributed by atoms with Gasteiger partial charge in [-0.2, -0.15) is 5.21 Å². The van der Waals surface area contributed by atoms with Crippen LogP contribution in [-0.2, 0) is 13.0 Å². The Balaban J connectivity index is 1.61. The highest BCUT2D eigenvalue weighted by Gasteiger charge is 2.17. The molecule has 0 saturated carbocycles. The number of urea groups is 1. The first-order valence-corrected chi connectivity index (χ1v) is 11.7. The van der Waals surface area contributed by atoms with Crippen molar-refractivity contribution in [2.45, 2.75) is 39.7 Å². The molecular formula is C27H30N6O. The number of nitrogens with zero attached hydrogens (tertiary/aromatic N) is 4. The van der Waals surface area contributed by atoms with Crippen molar-refractivity contribution < 1.29 is 4.79 Å². The van der Waals surface area contributed by atoms with E-state index < -0.39 is 0 Å². The number of aryl methyl sites for hydroxylation is 1. The van der Waals surface area contributed by atoms with Gasteiger partial charge in [0.25, 0.3) is 0 Å². The number of unbranched alkanes of at least 4 members (excludes halogenated alkanes) is 1. The summed E-state index contributed by atoms with van der Waals surface area (Å²) >= 11 is 0. The van der Waals surface area contributed by atoms with Crippen LogP contribution in [0.15, 0.2) is 72.8 Å². The van der Waals surface area contributed by atoms with Gasteiger partial charge in [0, 0.05) is 24.3 Å². The molecule has 34 heavy (non-hydrogen) atoms. The molecule has 0 radical (unpaired) electrons. The van der Waals surface area contributed by atoms with Gasteiger partial charge in [0.2, 0.25) is 5.82 Å². The zero-order chi connectivity index (χ0) is 23.8. The molecule has 0 atom stereocenters. The molecule has 0 aliphatic rings. The molecule has 0 aliphatic carbocycles. The van der Waals surface area contributed by atoms with Crippen LogP contribution in [0.2, 0.25) is 0 Å². The fourth-order valence-corrected chi connectivity index (χ4v) is 3.91. The summed E-state index contributed by atoms with van der Waals surface area (Å²) in [5.41, 5.74) is 5.99. The number of carbonyl (C=O) groups is 1. The lowest BCUT2D eigenvalue weighted by Gasteiger charge is -2.24. The van der Waals surface area contributed by atoms with Crippen LogP contribution in [0, 0.1) is 0 Å². The van der Waals surface area contributed by atoms with Gasteiger partial charge in [-0.15, -0.1) is 10.2 Å². The molecule has 0 bridgehead atoms. The second kappa shape index (κ2) is 11.2. The third-order valence-electron chi connectivity index (χ3n) is 5.78. The minimum absolute atomic E-state index is 0.102. The van der Waals surface area contributed by atoms with Crippen LogP contribution in [0.5, 0.6) is 0 Å². The van der Waals surface area contributed by atoms with Gasteiger partial charge in [0.05, 0.1) is 0 Å². The molecule has 0 aliphatic heterocycles. The lowest BCUT2D eigenvalue weighted by Crippen LogP contribution is -2.35. The van der Waals surface area contributed by atoms with E-state index in [1.807, 2.05) is 41.3 Å². The lowest BCUT2D eigenvalue weighted by molar-refractivity contribution is 0.208. The Morgan fingerprint density at radius 2 is 1.79 bits per heavy atom. The van der Waals surface area contributed by atoms with Crippen LogP contribution in [-0.4, -0.2) is 38.1 Å². The monoisotopic (exact) mass is 454 g/mol. The number of hydrogen-bond donors (Lipinski definition) is 2. The molecule has 4 rings (SSSR count). The van der Waals surface area contributed by atoms with Gasteiger partial charge >= 0.3 is 6.03 Å². The zero-order valence-electron chi connectivity index (χ0n) is 19.7. The largest absolute Gasteiger partial charge is 0.322 e. The zero-order valence-corrected chi connectivity index (χ0v) is 19.7. The molecule has 7 heteroatoms. The predicted octanol–water partition coefficient (Wildman–Crippen LogP) is 5.93. The molecule has 0 fully saturated rings. The molecule has 7 nitrogen and oxygen atoms in total. The van der Waals surface area contributed by atoms with Crippen molar-refractivity contribution in [1.82, 2.24) is 25.5 Å². The minimum atomic E-state index is -0.102. The summed E-state index contributed by atoms with van der Waals surface area (Å²) < 4.78 is 0. The van der Waals surface area contributed by atoms with Crippen molar-refractivity contribution in [3.8, 4) is 22.5 Å². The van der Waals surface area contributed by atoms with Gasteiger partial charge in [-0.05, 0) is 58.5 Å². The number of tetrazole rings is 1. The fraction of sp³-hybridized carbons (Fsp3) is 0.259. The van der Waals surface area contributed by atoms with Crippen molar-refractivity contribution in [1.29, 1.82) is 0 Å². The predicted molar refractivity (Wildman–Crippen MR) is 135 cm³/mol. The minimum Gasteiger partial charge on any atom is -0.320 e. The van der Waals surface area contributed by atoms with E-state index >= 15 is 0 Å². The number of amides is 2. The van der Waals surface area contributed by atoms with Gasteiger partial charge in [-0.3, -0.25) is 0 Å². The fourth-order valence-electron chi connectivity index (χ4n) is 3.91. The van der Waals surface area contributed by atoms with E-state index in [1.54, 1.807) is 0 Å². The number of carbonyl (C=O) groups excluding carboxylic acids is 1. The molecular weight excluding hydrogens is 424 g/mol. The quantitative estimate of drug-likeness (QED) is 0.328. The first-order valence-electron chi connectivity index (χ1n) is 11.7. The molecule has 3 aromatic carbocycles. The highest BCUT2D eigenvalue weighted by molar-refractivity contribution is 5.89. The van der Waals surface area contributed by atoms with Crippen molar-refractivity contribution in [3.05, 3.63) is 83.9 Å². The van der Waals surface area contributed by atoms with Crippen LogP contribution >= 0.6 is 0 Å². The van der Waals surface area contributed by atoms with Crippen LogP contribution in [0.25, 0.3) is 22.5 Å². The van der Waals surface area contributed by atoms with Gasteiger partial charge in [-0.25, -0.2) is 4.79 Å². The first kappa shape index (κ1) is 23.2. The molecule has 2 N–H and O–H groups in total. The van der Waals surface area contributed by atoms with Crippen LogP contribution < -0.4 is 5.32 Å². The number of aromatic nitrogens is 4. The number of benzene rings is 3. The Morgan fingerprint density at radius 1 is 0.941 bits per heavy atom. The van der Waals surface area contributed by atoms with Gasteiger partial charge in [0.1, 0.15) is 0 Å². The average Bonchev–Trinajstić information content (AvgIpc) is 3.42. The van der Waals surface area contributed by atoms with E-state index in [-0.39, 0.29) is 6.03 Å². The number of rotatable bonds is 9. The SMILES string of the molecule is CCCCN(Cc1ccc(-c2ccccc2)c(-c2nn[nH]n2)c1)C(=O)Nc1cccc(CC)c1. The Morgan fingerprint density at radius 3 is 2.53 bits per heavy atom. The summed E-state index contributed by atoms with van der Waals surface area (Å²) in [5.74, 6) is 0.529. The molecule has 1 heterocycles. The number of hydrogen-bond acceptors (Lipinski definition) is 4. The van der Waals surface area contributed by atoms with Crippen molar-refractivity contribution >= 4 is 11.7 Å². The Labute approximate surface area is 200 Å². The smallest absolute Gasteiger partial charge is 0.320 e. The van der Waals surface area contributed by atoms with Crippen molar-refractivity contribution in [2.24, 2.45) is 0 Å². The standard InChI is InChI=1S/C27H30N6O/c1-3-5-16-33(27(34)28-23-13-9-10-20(4-2)17-23)19-21-14-15-24(22-11-7-6-8-12-22)25(18-21)26-29-31-32-30-26/h6-15,17-18H,3-5,16,19H2,1-2H3,(H,28,34)(H,29,30,31,32). The summed E-state index contributed by atoms with van der Waals surface area (Å²) in [5, 5.41) is 17.8. The topological polar surface area (TPSA) is 86.8 Å².